The van der Waals surface area contributed by atoms with Gasteiger partial charge in [-0.3, -0.25) is 0 Å². The van der Waals surface area contributed by atoms with Crippen LogP contribution in [-0.4, -0.2) is 32.8 Å². The SMILES string of the molecule is Cc1ccc(N2CCOCC2)c(C2(CN)CCC2)c1. The zero-order valence-corrected chi connectivity index (χ0v) is 11.8. The molecule has 2 N–H and O–H groups in total. The first kappa shape index (κ1) is 12.9. The maximum Gasteiger partial charge on any atom is 0.0642 e. The molecule has 1 aromatic rings. The molecule has 104 valence electrons. The van der Waals surface area contributed by atoms with E-state index in [-0.39, 0.29) is 5.41 Å². The first-order valence-electron chi connectivity index (χ1n) is 7.39. The van der Waals surface area contributed by atoms with Crippen molar-refractivity contribution in [3.05, 3.63) is 29.3 Å². The van der Waals surface area contributed by atoms with E-state index >= 15 is 0 Å². The zero-order chi connectivity index (χ0) is 13.3. The molecule has 0 radical (unpaired) electrons. The Morgan fingerprint density at radius 3 is 2.58 bits per heavy atom. The van der Waals surface area contributed by atoms with Gasteiger partial charge < -0.3 is 15.4 Å². The van der Waals surface area contributed by atoms with Crippen molar-refractivity contribution in [3.8, 4) is 0 Å². The van der Waals surface area contributed by atoms with Crippen molar-refractivity contribution in [1.82, 2.24) is 0 Å². The Bertz CT molecular complexity index is 443. The quantitative estimate of drug-likeness (QED) is 0.905. The monoisotopic (exact) mass is 260 g/mol. The minimum atomic E-state index is 0.236. The molecule has 0 atom stereocenters. The van der Waals surface area contributed by atoms with Crippen LogP contribution in [0.1, 0.15) is 30.4 Å². The van der Waals surface area contributed by atoms with Gasteiger partial charge in [-0.05, 0) is 31.4 Å². The van der Waals surface area contributed by atoms with Crippen LogP contribution in [0.5, 0.6) is 0 Å². The predicted octanol–water partition coefficient (Wildman–Crippen LogP) is 2.21. The van der Waals surface area contributed by atoms with Crippen LogP contribution in [0.4, 0.5) is 5.69 Å². The van der Waals surface area contributed by atoms with E-state index in [1.165, 1.54) is 36.1 Å². The van der Waals surface area contributed by atoms with Crippen LogP contribution < -0.4 is 10.6 Å². The molecule has 3 nitrogen and oxygen atoms in total. The number of aryl methyl sites for hydroxylation is 1. The van der Waals surface area contributed by atoms with E-state index in [2.05, 4.69) is 30.0 Å². The van der Waals surface area contributed by atoms with Gasteiger partial charge in [-0.15, -0.1) is 0 Å². The van der Waals surface area contributed by atoms with Crippen LogP contribution in [0, 0.1) is 6.92 Å². The van der Waals surface area contributed by atoms with Crippen LogP contribution in [-0.2, 0) is 10.2 Å². The van der Waals surface area contributed by atoms with Crippen LogP contribution >= 0.6 is 0 Å². The second kappa shape index (κ2) is 5.14. The van der Waals surface area contributed by atoms with Gasteiger partial charge in [-0.2, -0.15) is 0 Å². The smallest absolute Gasteiger partial charge is 0.0642 e. The molecular weight excluding hydrogens is 236 g/mol. The van der Waals surface area contributed by atoms with Gasteiger partial charge in [0.2, 0.25) is 0 Å². The minimum Gasteiger partial charge on any atom is -0.378 e. The largest absolute Gasteiger partial charge is 0.378 e. The predicted molar refractivity (Wildman–Crippen MR) is 78.8 cm³/mol. The molecule has 1 heterocycles. The van der Waals surface area contributed by atoms with E-state index in [0.29, 0.717) is 0 Å². The summed E-state index contributed by atoms with van der Waals surface area (Å²) in [6.45, 7) is 6.61. The normalized spacial score (nSPS) is 22.1. The highest BCUT2D eigenvalue weighted by Crippen LogP contribution is 2.46. The summed E-state index contributed by atoms with van der Waals surface area (Å²) in [7, 11) is 0. The molecule has 1 saturated carbocycles. The Balaban J connectivity index is 1.98. The molecule has 2 aliphatic rings. The Labute approximate surface area is 115 Å². The molecule has 0 unspecified atom stereocenters. The van der Waals surface area contributed by atoms with E-state index in [1.54, 1.807) is 0 Å². The number of benzene rings is 1. The van der Waals surface area contributed by atoms with E-state index in [1.807, 2.05) is 0 Å². The van der Waals surface area contributed by atoms with E-state index in [0.717, 1.165) is 32.8 Å². The van der Waals surface area contributed by atoms with Crippen LogP contribution in [0.15, 0.2) is 18.2 Å². The van der Waals surface area contributed by atoms with Gasteiger partial charge in [-0.25, -0.2) is 0 Å². The number of nitrogens with zero attached hydrogens (tertiary/aromatic N) is 1. The first-order valence-corrected chi connectivity index (χ1v) is 7.39. The van der Waals surface area contributed by atoms with Crippen molar-refractivity contribution in [1.29, 1.82) is 0 Å². The standard InChI is InChI=1S/C16H24N2O/c1-13-3-4-15(18-7-9-19-10-8-18)14(11-13)16(12-17)5-2-6-16/h3-4,11H,2,5-10,12,17H2,1H3. The van der Waals surface area contributed by atoms with Crippen molar-refractivity contribution in [3.63, 3.8) is 0 Å². The molecular formula is C16H24N2O. The van der Waals surface area contributed by atoms with Gasteiger partial charge in [0.1, 0.15) is 0 Å². The highest BCUT2D eigenvalue weighted by atomic mass is 16.5. The number of ether oxygens (including phenoxy) is 1. The highest BCUT2D eigenvalue weighted by Gasteiger charge is 2.39. The van der Waals surface area contributed by atoms with Crippen molar-refractivity contribution in [2.75, 3.05) is 37.7 Å². The second-order valence-corrected chi connectivity index (χ2v) is 5.96. The summed E-state index contributed by atoms with van der Waals surface area (Å²) in [6, 6.07) is 6.86. The summed E-state index contributed by atoms with van der Waals surface area (Å²) in [5.74, 6) is 0. The lowest BCUT2D eigenvalue weighted by Crippen LogP contribution is -2.44. The van der Waals surface area contributed by atoms with Gasteiger partial charge in [-0.1, -0.05) is 24.1 Å². The van der Waals surface area contributed by atoms with Crippen molar-refractivity contribution in [2.45, 2.75) is 31.6 Å². The number of rotatable bonds is 3. The lowest BCUT2D eigenvalue weighted by atomic mass is 9.63. The van der Waals surface area contributed by atoms with Crippen LogP contribution in [0.25, 0.3) is 0 Å². The Morgan fingerprint density at radius 1 is 1.26 bits per heavy atom. The Kier molecular flexibility index (Phi) is 3.50. The van der Waals surface area contributed by atoms with Gasteiger partial charge >= 0.3 is 0 Å². The third kappa shape index (κ3) is 2.26. The molecule has 2 fully saturated rings. The van der Waals surface area contributed by atoms with E-state index in [4.69, 9.17) is 10.5 Å². The van der Waals surface area contributed by atoms with Gasteiger partial charge in [0.15, 0.2) is 0 Å². The zero-order valence-electron chi connectivity index (χ0n) is 11.8. The maximum atomic E-state index is 6.11. The summed E-state index contributed by atoms with van der Waals surface area (Å²) in [5.41, 5.74) is 10.5. The number of hydrogen-bond donors (Lipinski definition) is 1. The van der Waals surface area contributed by atoms with E-state index < -0.39 is 0 Å². The number of nitrogens with two attached hydrogens (primary N) is 1. The number of morpholine rings is 1. The lowest BCUT2D eigenvalue weighted by molar-refractivity contribution is 0.122. The topological polar surface area (TPSA) is 38.5 Å². The fourth-order valence-corrected chi connectivity index (χ4v) is 3.34. The fourth-order valence-electron chi connectivity index (χ4n) is 3.34. The maximum absolute atomic E-state index is 6.11. The second-order valence-electron chi connectivity index (χ2n) is 5.96. The van der Waals surface area contributed by atoms with E-state index in [9.17, 15) is 0 Å². The Hall–Kier alpha value is -1.06. The third-order valence-electron chi connectivity index (χ3n) is 4.78. The summed E-state index contributed by atoms with van der Waals surface area (Å²) in [4.78, 5) is 2.47. The molecule has 0 spiro atoms. The molecule has 1 aliphatic carbocycles. The van der Waals surface area contributed by atoms with Crippen LogP contribution in [0.2, 0.25) is 0 Å². The average molecular weight is 260 g/mol. The highest BCUT2D eigenvalue weighted by molar-refractivity contribution is 5.59. The lowest BCUT2D eigenvalue weighted by Gasteiger charge is -2.44. The van der Waals surface area contributed by atoms with Crippen molar-refractivity contribution < 1.29 is 4.74 Å². The van der Waals surface area contributed by atoms with Gasteiger partial charge in [0, 0.05) is 30.7 Å². The summed E-state index contributed by atoms with van der Waals surface area (Å²) in [5, 5.41) is 0. The van der Waals surface area contributed by atoms with Crippen LogP contribution in [0.3, 0.4) is 0 Å². The molecule has 0 amide bonds. The van der Waals surface area contributed by atoms with Gasteiger partial charge in [0.25, 0.3) is 0 Å². The van der Waals surface area contributed by atoms with Crippen molar-refractivity contribution in [2.24, 2.45) is 5.73 Å². The third-order valence-corrected chi connectivity index (χ3v) is 4.78. The molecule has 0 bridgehead atoms. The summed E-state index contributed by atoms with van der Waals surface area (Å²) < 4.78 is 5.47. The molecule has 3 rings (SSSR count). The molecule has 1 aromatic carbocycles. The average Bonchev–Trinajstić information content (AvgIpc) is 2.39. The summed E-state index contributed by atoms with van der Waals surface area (Å²) >= 11 is 0. The summed E-state index contributed by atoms with van der Waals surface area (Å²) in [6.07, 6.45) is 3.79. The van der Waals surface area contributed by atoms with Crippen molar-refractivity contribution >= 4 is 5.69 Å². The minimum absolute atomic E-state index is 0.236. The molecule has 1 saturated heterocycles. The molecule has 3 heteroatoms. The molecule has 0 aromatic heterocycles. The number of anilines is 1. The molecule has 19 heavy (non-hydrogen) atoms. The number of hydrogen-bond acceptors (Lipinski definition) is 3. The van der Waals surface area contributed by atoms with Gasteiger partial charge in [0.05, 0.1) is 13.2 Å². The molecule has 1 aliphatic heterocycles. The fraction of sp³-hybridized carbons (Fsp3) is 0.625. The Morgan fingerprint density at radius 2 is 2.00 bits per heavy atom. The first-order chi connectivity index (χ1) is 9.25.